The van der Waals surface area contributed by atoms with E-state index < -0.39 is 0 Å². The zero-order valence-corrected chi connectivity index (χ0v) is 6.94. The van der Waals surface area contributed by atoms with Gasteiger partial charge in [0.15, 0.2) is 0 Å². The molecule has 1 aliphatic carbocycles. The van der Waals surface area contributed by atoms with Gasteiger partial charge in [-0.25, -0.2) is 4.39 Å². The van der Waals surface area contributed by atoms with Crippen LogP contribution in [0.15, 0.2) is 24.3 Å². The third kappa shape index (κ3) is 1.69. The Morgan fingerprint density at radius 1 is 1.38 bits per heavy atom. The van der Waals surface area contributed by atoms with E-state index in [2.05, 4.69) is 0 Å². The number of benzene rings is 1. The van der Waals surface area contributed by atoms with Crippen LogP contribution in [0.1, 0.15) is 17.9 Å². The van der Waals surface area contributed by atoms with Crippen molar-refractivity contribution >= 4 is 6.47 Å². The molecule has 13 heavy (non-hydrogen) atoms. The summed E-state index contributed by atoms with van der Waals surface area (Å²) in [4.78, 5) is 10.0. The fraction of sp³-hybridized carbons (Fsp3) is 0.300. The van der Waals surface area contributed by atoms with E-state index >= 15 is 0 Å². The van der Waals surface area contributed by atoms with Gasteiger partial charge in [0, 0.05) is 5.92 Å². The van der Waals surface area contributed by atoms with Crippen molar-refractivity contribution in [3.8, 4) is 0 Å². The van der Waals surface area contributed by atoms with Crippen LogP contribution in [0, 0.1) is 5.82 Å². The molecule has 1 aromatic rings. The van der Waals surface area contributed by atoms with Crippen LogP contribution in [0.5, 0.6) is 0 Å². The quantitative estimate of drug-likeness (QED) is 0.663. The Morgan fingerprint density at radius 2 is 2.08 bits per heavy atom. The molecule has 0 spiro atoms. The Morgan fingerprint density at radius 3 is 2.69 bits per heavy atom. The molecule has 0 aliphatic heterocycles. The van der Waals surface area contributed by atoms with Crippen molar-refractivity contribution in [3.63, 3.8) is 0 Å². The fourth-order valence-electron chi connectivity index (χ4n) is 1.45. The predicted molar refractivity (Wildman–Crippen MR) is 44.7 cm³/mol. The molecule has 1 aromatic carbocycles. The van der Waals surface area contributed by atoms with E-state index in [0.29, 0.717) is 6.47 Å². The molecule has 0 amide bonds. The number of carbonyl (C=O) groups is 1. The second-order valence-electron chi connectivity index (χ2n) is 3.16. The van der Waals surface area contributed by atoms with Crippen molar-refractivity contribution in [2.24, 2.45) is 0 Å². The number of hydrogen-bond acceptors (Lipinski definition) is 2. The minimum atomic E-state index is -0.239. The summed E-state index contributed by atoms with van der Waals surface area (Å²) in [6.45, 7) is 0.466. The molecular weight excluding hydrogens is 171 g/mol. The minimum absolute atomic E-state index is 0.00274. The van der Waals surface area contributed by atoms with Gasteiger partial charge in [0.05, 0.1) is 0 Å². The normalized spacial score (nSPS) is 25.3. The molecular formula is C10H9FO2. The molecule has 0 N–H and O–H groups in total. The number of ether oxygens (including phenoxy) is 1. The van der Waals surface area contributed by atoms with E-state index in [0.717, 1.165) is 12.0 Å². The molecule has 3 heteroatoms. The molecule has 2 nitrogen and oxygen atoms in total. The summed E-state index contributed by atoms with van der Waals surface area (Å²) in [7, 11) is 0. The topological polar surface area (TPSA) is 26.3 Å². The highest BCUT2D eigenvalue weighted by Crippen LogP contribution is 2.42. The molecule has 68 valence electrons. The average Bonchev–Trinajstić information content (AvgIpc) is 2.86. The van der Waals surface area contributed by atoms with E-state index in [1.54, 1.807) is 12.1 Å². The van der Waals surface area contributed by atoms with Gasteiger partial charge in [0.25, 0.3) is 6.47 Å². The number of rotatable bonds is 3. The van der Waals surface area contributed by atoms with Crippen LogP contribution in [0.3, 0.4) is 0 Å². The number of carbonyl (C=O) groups excluding carboxylic acids is 1. The Bertz CT molecular complexity index is 307. The lowest BCUT2D eigenvalue weighted by Gasteiger charge is -1.98. The first kappa shape index (κ1) is 8.23. The lowest BCUT2D eigenvalue weighted by Crippen LogP contribution is -1.93. The molecule has 2 atom stereocenters. The van der Waals surface area contributed by atoms with E-state index in [4.69, 9.17) is 4.74 Å². The van der Waals surface area contributed by atoms with Crippen molar-refractivity contribution in [1.29, 1.82) is 0 Å². The molecule has 0 saturated heterocycles. The predicted octanol–water partition coefficient (Wildman–Crippen LogP) is 1.85. The highest BCUT2D eigenvalue weighted by Gasteiger charge is 2.40. The number of halogens is 1. The second-order valence-corrected chi connectivity index (χ2v) is 3.16. The first-order chi connectivity index (χ1) is 6.31. The highest BCUT2D eigenvalue weighted by molar-refractivity contribution is 5.40. The van der Waals surface area contributed by atoms with Gasteiger partial charge in [0.2, 0.25) is 0 Å². The highest BCUT2D eigenvalue weighted by atomic mass is 19.1. The van der Waals surface area contributed by atoms with Gasteiger partial charge in [0.1, 0.15) is 11.9 Å². The summed E-state index contributed by atoms with van der Waals surface area (Å²) >= 11 is 0. The Labute approximate surface area is 75.3 Å². The van der Waals surface area contributed by atoms with Crippen LogP contribution in [-0.2, 0) is 9.53 Å². The van der Waals surface area contributed by atoms with Crippen molar-refractivity contribution in [1.82, 2.24) is 0 Å². The van der Waals surface area contributed by atoms with Crippen LogP contribution in [0.4, 0.5) is 4.39 Å². The largest absolute Gasteiger partial charge is 0.464 e. The van der Waals surface area contributed by atoms with E-state index in [1.165, 1.54) is 12.1 Å². The van der Waals surface area contributed by atoms with Gasteiger partial charge in [-0.3, -0.25) is 4.79 Å². The van der Waals surface area contributed by atoms with Crippen LogP contribution < -0.4 is 0 Å². The molecule has 0 unspecified atom stereocenters. The number of hydrogen-bond donors (Lipinski definition) is 0. The van der Waals surface area contributed by atoms with Crippen LogP contribution >= 0.6 is 0 Å². The van der Waals surface area contributed by atoms with Gasteiger partial charge in [-0.1, -0.05) is 12.1 Å². The second kappa shape index (κ2) is 3.17. The summed E-state index contributed by atoms with van der Waals surface area (Å²) in [5.74, 6) is 0.0306. The summed E-state index contributed by atoms with van der Waals surface area (Å²) in [6.07, 6.45) is 0.854. The summed E-state index contributed by atoms with van der Waals surface area (Å²) in [6, 6.07) is 6.31. The van der Waals surface area contributed by atoms with E-state index in [1.807, 2.05) is 0 Å². The van der Waals surface area contributed by atoms with Crippen molar-refractivity contribution in [2.45, 2.75) is 18.4 Å². The lowest BCUT2D eigenvalue weighted by atomic mass is 10.1. The zero-order valence-electron chi connectivity index (χ0n) is 6.94. The van der Waals surface area contributed by atoms with Crippen molar-refractivity contribution in [3.05, 3.63) is 35.6 Å². The standard InChI is InChI=1S/C10H9FO2/c11-8-3-1-7(2-4-8)9-5-10(9)13-6-12/h1-4,6,9-10H,5H2/t9-,10-/m1/s1. The van der Waals surface area contributed by atoms with Gasteiger partial charge in [-0.05, 0) is 24.1 Å². The maximum Gasteiger partial charge on any atom is 0.293 e. The van der Waals surface area contributed by atoms with Crippen molar-refractivity contribution in [2.75, 3.05) is 0 Å². The molecule has 0 bridgehead atoms. The van der Waals surface area contributed by atoms with Gasteiger partial charge < -0.3 is 4.74 Å². The smallest absolute Gasteiger partial charge is 0.293 e. The van der Waals surface area contributed by atoms with Crippen LogP contribution in [0.2, 0.25) is 0 Å². The maximum atomic E-state index is 12.5. The molecule has 0 aromatic heterocycles. The fourth-order valence-corrected chi connectivity index (χ4v) is 1.45. The molecule has 1 aliphatic rings. The van der Waals surface area contributed by atoms with Crippen LogP contribution in [-0.4, -0.2) is 12.6 Å². The third-order valence-electron chi connectivity index (χ3n) is 2.26. The van der Waals surface area contributed by atoms with Gasteiger partial charge in [-0.15, -0.1) is 0 Å². The first-order valence-electron chi connectivity index (χ1n) is 4.16. The summed E-state index contributed by atoms with van der Waals surface area (Å²) in [5.41, 5.74) is 1.04. The van der Waals surface area contributed by atoms with E-state index in [-0.39, 0.29) is 17.8 Å². The summed E-state index contributed by atoms with van der Waals surface area (Å²) < 4.78 is 17.3. The zero-order chi connectivity index (χ0) is 9.26. The Kier molecular flexibility index (Phi) is 2.00. The Hall–Kier alpha value is -1.38. The third-order valence-corrected chi connectivity index (χ3v) is 2.26. The monoisotopic (exact) mass is 180 g/mol. The molecule has 0 heterocycles. The molecule has 0 radical (unpaired) electrons. The summed E-state index contributed by atoms with van der Waals surface area (Å²) in [5, 5.41) is 0. The SMILES string of the molecule is O=CO[C@@H]1C[C@@H]1c1ccc(F)cc1. The molecule has 2 rings (SSSR count). The maximum absolute atomic E-state index is 12.5. The van der Waals surface area contributed by atoms with Crippen molar-refractivity contribution < 1.29 is 13.9 Å². The first-order valence-corrected chi connectivity index (χ1v) is 4.16. The lowest BCUT2D eigenvalue weighted by molar-refractivity contribution is -0.129. The van der Waals surface area contributed by atoms with Crippen LogP contribution in [0.25, 0.3) is 0 Å². The van der Waals surface area contributed by atoms with Gasteiger partial charge >= 0.3 is 0 Å². The molecule has 1 fully saturated rings. The molecule has 1 saturated carbocycles. The van der Waals surface area contributed by atoms with Gasteiger partial charge in [-0.2, -0.15) is 0 Å². The minimum Gasteiger partial charge on any atom is -0.464 e. The average molecular weight is 180 g/mol. The van der Waals surface area contributed by atoms with E-state index in [9.17, 15) is 9.18 Å². The Balaban J connectivity index is 2.03.